The van der Waals surface area contributed by atoms with Crippen LogP contribution in [0, 0.1) is 0 Å². The quantitative estimate of drug-likeness (QED) is 0.853. The Morgan fingerprint density at radius 1 is 1.22 bits per heavy atom. The summed E-state index contributed by atoms with van der Waals surface area (Å²) in [6.07, 6.45) is -4.72. The molecule has 1 heterocycles. The number of benzene rings is 1. The maximum absolute atomic E-state index is 12.4. The van der Waals surface area contributed by atoms with Crippen molar-refractivity contribution in [3.05, 3.63) is 29.8 Å². The van der Waals surface area contributed by atoms with Gasteiger partial charge in [0.15, 0.2) is 0 Å². The van der Waals surface area contributed by atoms with Gasteiger partial charge in [-0.05, 0) is 37.2 Å². The average Bonchev–Trinajstić information content (AvgIpc) is 2.32. The number of alkyl halides is 3. The number of halogens is 3. The van der Waals surface area contributed by atoms with E-state index in [4.69, 9.17) is 4.74 Å². The molecule has 100 valence electrons. The minimum atomic E-state index is -4.34. The highest BCUT2D eigenvalue weighted by atomic mass is 19.4. The van der Waals surface area contributed by atoms with Crippen LogP contribution in [0.2, 0.25) is 0 Å². The Morgan fingerprint density at radius 2 is 1.89 bits per heavy atom. The third-order valence-corrected chi connectivity index (χ3v) is 2.86. The Kier molecular flexibility index (Phi) is 3.77. The summed E-state index contributed by atoms with van der Waals surface area (Å²) in [4.78, 5) is 0. The molecule has 6 heteroatoms. The number of ether oxygens (including phenoxy) is 1. The molecular formula is C12H14F3NO2. The number of hydrogen-bond acceptors (Lipinski definition) is 3. The summed E-state index contributed by atoms with van der Waals surface area (Å²) < 4.78 is 42.5. The maximum atomic E-state index is 12.4. The third kappa shape index (κ3) is 3.14. The SMILES string of the molecule is O[C@H]1CNCC[C@@H]1Oc1ccc(C(F)(F)F)cc1. The molecule has 1 fully saturated rings. The van der Waals surface area contributed by atoms with Crippen LogP contribution >= 0.6 is 0 Å². The Bertz CT molecular complexity index is 391. The van der Waals surface area contributed by atoms with Gasteiger partial charge in [0.05, 0.1) is 5.56 Å². The van der Waals surface area contributed by atoms with Crippen molar-refractivity contribution in [2.75, 3.05) is 13.1 Å². The van der Waals surface area contributed by atoms with Gasteiger partial charge in [0.25, 0.3) is 0 Å². The first-order chi connectivity index (χ1) is 8.47. The minimum Gasteiger partial charge on any atom is -0.488 e. The topological polar surface area (TPSA) is 41.5 Å². The zero-order valence-corrected chi connectivity index (χ0v) is 9.57. The summed E-state index contributed by atoms with van der Waals surface area (Å²) in [7, 11) is 0. The van der Waals surface area contributed by atoms with Crippen LogP contribution in [0.5, 0.6) is 5.75 Å². The van der Waals surface area contributed by atoms with Crippen molar-refractivity contribution in [3.8, 4) is 5.75 Å². The monoisotopic (exact) mass is 261 g/mol. The van der Waals surface area contributed by atoms with Gasteiger partial charge >= 0.3 is 6.18 Å². The van der Waals surface area contributed by atoms with Crippen molar-refractivity contribution in [2.45, 2.75) is 24.8 Å². The number of aliphatic hydroxyl groups is 1. The largest absolute Gasteiger partial charge is 0.488 e. The lowest BCUT2D eigenvalue weighted by molar-refractivity contribution is -0.137. The van der Waals surface area contributed by atoms with Crippen LogP contribution in [0.25, 0.3) is 0 Å². The second-order valence-corrected chi connectivity index (χ2v) is 4.24. The molecule has 0 radical (unpaired) electrons. The Labute approximate surface area is 103 Å². The maximum Gasteiger partial charge on any atom is 0.416 e. The summed E-state index contributed by atoms with van der Waals surface area (Å²) in [5, 5.41) is 12.6. The molecule has 1 aliphatic heterocycles. The first-order valence-corrected chi connectivity index (χ1v) is 5.69. The lowest BCUT2D eigenvalue weighted by Crippen LogP contribution is -2.46. The van der Waals surface area contributed by atoms with Gasteiger partial charge in [-0.15, -0.1) is 0 Å². The molecule has 2 atom stereocenters. The van der Waals surface area contributed by atoms with Crippen molar-refractivity contribution in [1.82, 2.24) is 5.32 Å². The smallest absolute Gasteiger partial charge is 0.416 e. The van der Waals surface area contributed by atoms with Crippen molar-refractivity contribution < 1.29 is 23.0 Å². The number of nitrogens with one attached hydrogen (secondary N) is 1. The number of aliphatic hydroxyl groups excluding tert-OH is 1. The molecule has 3 nitrogen and oxygen atoms in total. The zero-order chi connectivity index (χ0) is 13.2. The van der Waals surface area contributed by atoms with E-state index in [0.717, 1.165) is 18.7 Å². The van der Waals surface area contributed by atoms with Crippen LogP contribution < -0.4 is 10.1 Å². The van der Waals surface area contributed by atoms with Gasteiger partial charge in [-0.3, -0.25) is 0 Å². The molecule has 0 bridgehead atoms. The Hall–Kier alpha value is -1.27. The summed E-state index contributed by atoms with van der Waals surface area (Å²) in [6, 6.07) is 4.50. The second kappa shape index (κ2) is 5.16. The predicted octanol–water partition coefficient (Wildman–Crippen LogP) is 1.81. The van der Waals surface area contributed by atoms with Gasteiger partial charge in [0.1, 0.15) is 18.0 Å². The predicted molar refractivity (Wildman–Crippen MR) is 59.4 cm³/mol. The van der Waals surface area contributed by atoms with Gasteiger partial charge in [-0.2, -0.15) is 13.2 Å². The van der Waals surface area contributed by atoms with Crippen molar-refractivity contribution >= 4 is 0 Å². The second-order valence-electron chi connectivity index (χ2n) is 4.24. The molecule has 1 saturated heterocycles. The van der Waals surface area contributed by atoms with E-state index in [0.29, 0.717) is 18.7 Å². The summed E-state index contributed by atoms with van der Waals surface area (Å²) in [5.41, 5.74) is -0.708. The number of β-amino-alcohol motifs (C(OH)–C–C–N with tert-alkyl or cyclic N) is 1. The minimum absolute atomic E-state index is 0.342. The van der Waals surface area contributed by atoms with Crippen molar-refractivity contribution in [1.29, 1.82) is 0 Å². The standard InChI is InChI=1S/C12H14F3NO2/c13-12(14,15)8-1-3-9(4-2-8)18-11-5-6-16-7-10(11)17/h1-4,10-11,16-17H,5-7H2/t10-,11-/m0/s1. The van der Waals surface area contributed by atoms with E-state index < -0.39 is 17.8 Å². The van der Waals surface area contributed by atoms with E-state index in [1.165, 1.54) is 12.1 Å². The molecule has 2 N–H and O–H groups in total. The molecule has 0 saturated carbocycles. The van der Waals surface area contributed by atoms with Crippen LogP contribution in [-0.2, 0) is 6.18 Å². The molecule has 0 amide bonds. The van der Waals surface area contributed by atoms with E-state index in [1.807, 2.05) is 0 Å². The third-order valence-electron chi connectivity index (χ3n) is 2.86. The number of rotatable bonds is 2. The fourth-order valence-electron chi connectivity index (χ4n) is 1.85. The van der Waals surface area contributed by atoms with Gasteiger partial charge in [0.2, 0.25) is 0 Å². The van der Waals surface area contributed by atoms with E-state index in [2.05, 4.69) is 5.32 Å². The van der Waals surface area contributed by atoms with Gasteiger partial charge in [-0.25, -0.2) is 0 Å². The average molecular weight is 261 g/mol. The Morgan fingerprint density at radius 3 is 2.44 bits per heavy atom. The highest BCUT2D eigenvalue weighted by Gasteiger charge is 2.30. The highest BCUT2D eigenvalue weighted by molar-refractivity contribution is 5.29. The molecule has 0 aliphatic carbocycles. The van der Waals surface area contributed by atoms with E-state index in [1.54, 1.807) is 0 Å². The van der Waals surface area contributed by atoms with Crippen LogP contribution in [0.15, 0.2) is 24.3 Å². The number of hydrogen-bond donors (Lipinski definition) is 2. The van der Waals surface area contributed by atoms with E-state index in [9.17, 15) is 18.3 Å². The van der Waals surface area contributed by atoms with Crippen LogP contribution in [-0.4, -0.2) is 30.4 Å². The first kappa shape index (κ1) is 13.2. The fraction of sp³-hybridized carbons (Fsp3) is 0.500. The first-order valence-electron chi connectivity index (χ1n) is 5.69. The van der Waals surface area contributed by atoms with Gasteiger partial charge < -0.3 is 15.2 Å². The van der Waals surface area contributed by atoms with Crippen molar-refractivity contribution in [3.63, 3.8) is 0 Å². The summed E-state index contributed by atoms with van der Waals surface area (Å²) in [6.45, 7) is 1.16. The molecule has 1 aromatic carbocycles. The molecule has 0 spiro atoms. The van der Waals surface area contributed by atoms with E-state index in [-0.39, 0.29) is 6.10 Å². The van der Waals surface area contributed by atoms with Crippen LogP contribution in [0.4, 0.5) is 13.2 Å². The molecule has 1 aliphatic rings. The summed E-state index contributed by atoms with van der Waals surface area (Å²) >= 11 is 0. The lowest BCUT2D eigenvalue weighted by Gasteiger charge is -2.28. The zero-order valence-electron chi connectivity index (χ0n) is 9.57. The Balaban J connectivity index is 2.02. The molecule has 1 aromatic rings. The number of piperidine rings is 1. The van der Waals surface area contributed by atoms with Crippen LogP contribution in [0.1, 0.15) is 12.0 Å². The van der Waals surface area contributed by atoms with Crippen molar-refractivity contribution in [2.24, 2.45) is 0 Å². The molecule has 0 unspecified atom stereocenters. The molecule has 18 heavy (non-hydrogen) atoms. The molecule has 0 aromatic heterocycles. The molecule has 2 rings (SSSR count). The van der Waals surface area contributed by atoms with Crippen LogP contribution in [0.3, 0.4) is 0 Å². The lowest BCUT2D eigenvalue weighted by atomic mass is 10.1. The molecular weight excluding hydrogens is 247 g/mol. The van der Waals surface area contributed by atoms with Gasteiger partial charge in [0, 0.05) is 6.54 Å². The normalized spacial score (nSPS) is 24.9. The van der Waals surface area contributed by atoms with E-state index >= 15 is 0 Å². The highest BCUT2D eigenvalue weighted by Crippen LogP contribution is 2.30. The fourth-order valence-corrected chi connectivity index (χ4v) is 1.85. The van der Waals surface area contributed by atoms with Gasteiger partial charge in [-0.1, -0.05) is 0 Å². The summed E-state index contributed by atoms with van der Waals surface area (Å²) in [5.74, 6) is 0.342.